The summed E-state index contributed by atoms with van der Waals surface area (Å²) in [5.41, 5.74) is 0.627. The van der Waals surface area contributed by atoms with Crippen molar-refractivity contribution in [2.75, 3.05) is 11.1 Å². The minimum absolute atomic E-state index is 0.0775. The molecule has 0 saturated heterocycles. The Morgan fingerprint density at radius 3 is 2.63 bits per heavy atom. The predicted octanol–water partition coefficient (Wildman–Crippen LogP) is 3.93. The third kappa shape index (κ3) is 4.70. The van der Waals surface area contributed by atoms with E-state index in [2.05, 4.69) is 22.4 Å². The zero-order valence-corrected chi connectivity index (χ0v) is 15.2. The molecule has 0 bridgehead atoms. The molecule has 0 atom stereocenters. The second-order valence-electron chi connectivity index (χ2n) is 5.48. The summed E-state index contributed by atoms with van der Waals surface area (Å²) in [6.07, 6.45) is 0.422. The molecular weight excluding hydrogens is 368 g/mol. The Bertz CT molecular complexity index is 956. The second kappa shape index (κ2) is 8.45. The van der Waals surface area contributed by atoms with E-state index in [0.29, 0.717) is 12.3 Å². The van der Waals surface area contributed by atoms with Crippen molar-refractivity contribution < 1.29 is 14.1 Å². The highest BCUT2D eigenvalue weighted by atomic mass is 32.2. The van der Waals surface area contributed by atoms with Gasteiger partial charge in [0.1, 0.15) is 5.56 Å². The fourth-order valence-corrected chi connectivity index (χ4v) is 3.07. The minimum Gasteiger partial charge on any atom is -0.407 e. The summed E-state index contributed by atoms with van der Waals surface area (Å²) in [6, 6.07) is 13.6. The standard InChI is InChI=1S/C18H16N4O4S/c1-2-27-13-9-7-12(8-10-13)11-16-20-21-18(26-16)19-17(23)14-5-3-4-6-15(14)22(24)25/h3-10H,2,11H2,1H3,(H,19,21,23). The van der Waals surface area contributed by atoms with Crippen molar-refractivity contribution in [3.8, 4) is 0 Å². The molecule has 0 spiro atoms. The Kier molecular flexibility index (Phi) is 5.82. The number of hydrogen-bond acceptors (Lipinski definition) is 7. The molecule has 1 amide bonds. The summed E-state index contributed by atoms with van der Waals surface area (Å²) in [4.78, 5) is 23.9. The second-order valence-corrected chi connectivity index (χ2v) is 6.82. The molecular formula is C18H16N4O4S. The number of hydrogen-bond donors (Lipinski definition) is 1. The van der Waals surface area contributed by atoms with Crippen LogP contribution in [0.3, 0.4) is 0 Å². The van der Waals surface area contributed by atoms with E-state index in [1.54, 1.807) is 17.8 Å². The van der Waals surface area contributed by atoms with Crippen molar-refractivity contribution >= 4 is 29.4 Å². The zero-order chi connectivity index (χ0) is 19.2. The van der Waals surface area contributed by atoms with Gasteiger partial charge in [0.25, 0.3) is 11.6 Å². The van der Waals surface area contributed by atoms with Crippen LogP contribution in [0.1, 0.15) is 28.7 Å². The van der Waals surface area contributed by atoms with Gasteiger partial charge < -0.3 is 4.42 Å². The number of anilines is 1. The van der Waals surface area contributed by atoms with Gasteiger partial charge >= 0.3 is 6.01 Å². The number of para-hydroxylation sites is 1. The van der Waals surface area contributed by atoms with Gasteiger partial charge in [-0.15, -0.1) is 16.9 Å². The number of carbonyl (C=O) groups is 1. The number of benzene rings is 2. The van der Waals surface area contributed by atoms with Crippen LogP contribution in [0.2, 0.25) is 0 Å². The van der Waals surface area contributed by atoms with E-state index in [-0.39, 0.29) is 17.3 Å². The van der Waals surface area contributed by atoms with Gasteiger partial charge in [0, 0.05) is 11.0 Å². The lowest BCUT2D eigenvalue weighted by Gasteiger charge is -2.02. The Morgan fingerprint density at radius 1 is 1.19 bits per heavy atom. The Labute approximate surface area is 159 Å². The van der Waals surface area contributed by atoms with Gasteiger partial charge in [-0.2, -0.15) is 0 Å². The molecule has 0 aliphatic carbocycles. The lowest BCUT2D eigenvalue weighted by molar-refractivity contribution is -0.385. The van der Waals surface area contributed by atoms with E-state index in [0.717, 1.165) is 11.3 Å². The molecule has 0 aliphatic heterocycles. The number of aromatic nitrogens is 2. The molecule has 9 heteroatoms. The molecule has 8 nitrogen and oxygen atoms in total. The Morgan fingerprint density at radius 2 is 1.93 bits per heavy atom. The van der Waals surface area contributed by atoms with E-state index >= 15 is 0 Å². The highest BCUT2D eigenvalue weighted by Crippen LogP contribution is 2.21. The van der Waals surface area contributed by atoms with Crippen LogP contribution in [0.15, 0.2) is 57.8 Å². The summed E-state index contributed by atoms with van der Waals surface area (Å²) < 4.78 is 5.43. The largest absolute Gasteiger partial charge is 0.407 e. The van der Waals surface area contributed by atoms with Crippen molar-refractivity contribution in [2.24, 2.45) is 0 Å². The van der Waals surface area contributed by atoms with Crippen molar-refractivity contribution in [3.05, 3.63) is 75.7 Å². The van der Waals surface area contributed by atoms with Gasteiger partial charge in [-0.25, -0.2) is 0 Å². The molecule has 0 unspecified atom stereocenters. The van der Waals surface area contributed by atoms with Crippen LogP contribution < -0.4 is 5.32 Å². The first-order chi connectivity index (χ1) is 13.1. The van der Waals surface area contributed by atoms with Gasteiger partial charge in [0.05, 0.1) is 11.3 Å². The summed E-state index contributed by atoms with van der Waals surface area (Å²) in [5, 5.41) is 21.1. The number of nitro benzene ring substituents is 1. The first-order valence-electron chi connectivity index (χ1n) is 8.15. The van der Waals surface area contributed by atoms with E-state index in [4.69, 9.17) is 4.42 Å². The maximum atomic E-state index is 12.3. The van der Waals surface area contributed by atoms with Crippen LogP contribution in [-0.2, 0) is 6.42 Å². The zero-order valence-electron chi connectivity index (χ0n) is 14.4. The van der Waals surface area contributed by atoms with E-state index in [1.807, 2.05) is 24.3 Å². The molecule has 3 rings (SSSR count). The predicted molar refractivity (Wildman–Crippen MR) is 101 cm³/mol. The van der Waals surface area contributed by atoms with Crippen LogP contribution in [-0.4, -0.2) is 26.8 Å². The first-order valence-corrected chi connectivity index (χ1v) is 9.14. The number of nitro groups is 1. The normalized spacial score (nSPS) is 10.6. The molecule has 3 aromatic rings. The van der Waals surface area contributed by atoms with E-state index in [1.165, 1.54) is 23.1 Å². The molecule has 138 valence electrons. The quantitative estimate of drug-likeness (QED) is 0.373. The summed E-state index contributed by atoms with van der Waals surface area (Å²) in [5.74, 6) is 0.660. The number of amides is 1. The third-order valence-electron chi connectivity index (χ3n) is 3.62. The van der Waals surface area contributed by atoms with Crippen molar-refractivity contribution in [1.29, 1.82) is 0 Å². The van der Waals surface area contributed by atoms with Gasteiger partial charge in [-0.05, 0) is 29.5 Å². The lowest BCUT2D eigenvalue weighted by Crippen LogP contribution is -2.14. The lowest BCUT2D eigenvalue weighted by atomic mass is 10.1. The average Bonchev–Trinajstić information content (AvgIpc) is 3.10. The van der Waals surface area contributed by atoms with Crippen molar-refractivity contribution in [2.45, 2.75) is 18.2 Å². The van der Waals surface area contributed by atoms with Crippen molar-refractivity contribution in [3.63, 3.8) is 0 Å². The summed E-state index contributed by atoms with van der Waals surface area (Å²) in [6.45, 7) is 2.09. The third-order valence-corrected chi connectivity index (χ3v) is 4.52. The molecule has 1 N–H and O–H groups in total. The van der Waals surface area contributed by atoms with Crippen LogP contribution in [0.5, 0.6) is 0 Å². The van der Waals surface area contributed by atoms with Gasteiger partial charge in [0.15, 0.2) is 0 Å². The molecule has 0 fully saturated rings. The smallest absolute Gasteiger partial charge is 0.322 e. The molecule has 0 radical (unpaired) electrons. The molecule has 2 aromatic carbocycles. The number of thioether (sulfide) groups is 1. The van der Waals surface area contributed by atoms with Crippen LogP contribution in [0, 0.1) is 10.1 Å². The molecule has 1 aromatic heterocycles. The topological polar surface area (TPSA) is 111 Å². The number of carbonyl (C=O) groups excluding carboxylic acids is 1. The molecule has 27 heavy (non-hydrogen) atoms. The van der Waals surface area contributed by atoms with Crippen molar-refractivity contribution in [1.82, 2.24) is 10.2 Å². The number of nitrogens with one attached hydrogen (secondary N) is 1. The van der Waals surface area contributed by atoms with Gasteiger partial charge in [-0.1, -0.05) is 36.3 Å². The molecule has 0 saturated carbocycles. The van der Waals surface area contributed by atoms with E-state index < -0.39 is 10.8 Å². The highest BCUT2D eigenvalue weighted by molar-refractivity contribution is 7.99. The SMILES string of the molecule is CCSc1ccc(Cc2nnc(NC(=O)c3ccccc3[N+](=O)[O-])o2)cc1. The minimum atomic E-state index is -0.682. The average molecular weight is 384 g/mol. The number of rotatable bonds is 7. The Hall–Kier alpha value is -3.20. The van der Waals surface area contributed by atoms with Crippen LogP contribution in [0.25, 0.3) is 0 Å². The van der Waals surface area contributed by atoms with Gasteiger partial charge in [-0.3, -0.25) is 20.2 Å². The molecule has 0 aliphatic rings. The maximum absolute atomic E-state index is 12.3. The molecule has 1 heterocycles. The first kappa shape index (κ1) is 18.6. The Balaban J connectivity index is 1.67. The van der Waals surface area contributed by atoms with Crippen LogP contribution >= 0.6 is 11.8 Å². The fraction of sp³-hybridized carbons (Fsp3) is 0.167. The number of nitrogens with zero attached hydrogens (tertiary/aromatic N) is 3. The van der Waals surface area contributed by atoms with Gasteiger partial charge in [0.2, 0.25) is 5.89 Å². The highest BCUT2D eigenvalue weighted by Gasteiger charge is 2.21. The van der Waals surface area contributed by atoms with E-state index in [9.17, 15) is 14.9 Å². The summed E-state index contributed by atoms with van der Waals surface area (Å²) in [7, 11) is 0. The monoisotopic (exact) mass is 384 g/mol. The summed E-state index contributed by atoms with van der Waals surface area (Å²) >= 11 is 1.76. The maximum Gasteiger partial charge on any atom is 0.322 e. The van der Waals surface area contributed by atoms with Crippen LogP contribution in [0.4, 0.5) is 11.7 Å². The fourth-order valence-electron chi connectivity index (χ4n) is 2.41.